The van der Waals surface area contributed by atoms with Gasteiger partial charge < -0.3 is 10.5 Å². The van der Waals surface area contributed by atoms with Gasteiger partial charge in [-0.2, -0.15) is 5.10 Å². The lowest BCUT2D eigenvalue weighted by Gasteiger charge is -2.02. The van der Waals surface area contributed by atoms with Crippen LogP contribution in [0.3, 0.4) is 0 Å². The Kier molecular flexibility index (Phi) is 3.77. The van der Waals surface area contributed by atoms with Crippen LogP contribution in [0.25, 0.3) is 11.1 Å². The fourth-order valence-electron chi connectivity index (χ4n) is 1.69. The molecule has 1 aromatic heterocycles. The molecule has 0 fully saturated rings. The van der Waals surface area contributed by atoms with Gasteiger partial charge in [0.25, 0.3) is 0 Å². The van der Waals surface area contributed by atoms with Gasteiger partial charge in [0.2, 0.25) is 0 Å². The highest BCUT2D eigenvalue weighted by atomic mass is 16.5. The number of para-hydroxylation sites is 1. The maximum Gasteiger partial charge on any atom is 0.0662 e. The minimum absolute atomic E-state index is 0.682. The molecule has 0 aliphatic heterocycles. The lowest BCUT2D eigenvalue weighted by molar-refractivity contribution is 0.136. The van der Waals surface area contributed by atoms with Crippen LogP contribution < -0.4 is 5.73 Å². The summed E-state index contributed by atoms with van der Waals surface area (Å²) < 4.78 is 7.16. The summed E-state index contributed by atoms with van der Waals surface area (Å²) >= 11 is 0. The predicted molar refractivity (Wildman–Crippen MR) is 68.6 cm³/mol. The molecule has 0 spiro atoms. The largest absolute Gasteiger partial charge is 0.398 e. The molecule has 0 atom stereocenters. The fourth-order valence-corrected chi connectivity index (χ4v) is 1.69. The van der Waals surface area contributed by atoms with E-state index in [1.807, 2.05) is 48.3 Å². The normalized spacial score (nSPS) is 10.6. The number of benzene rings is 1. The highest BCUT2D eigenvalue weighted by Crippen LogP contribution is 2.24. The summed E-state index contributed by atoms with van der Waals surface area (Å²) in [4.78, 5) is 0. The van der Waals surface area contributed by atoms with E-state index in [1.165, 1.54) is 0 Å². The number of rotatable bonds is 5. The molecule has 4 heteroatoms. The van der Waals surface area contributed by atoms with Crippen molar-refractivity contribution in [3.63, 3.8) is 0 Å². The maximum atomic E-state index is 5.92. The lowest BCUT2D eigenvalue weighted by Crippen LogP contribution is -2.05. The molecule has 2 aromatic rings. The van der Waals surface area contributed by atoms with Crippen molar-refractivity contribution in [2.24, 2.45) is 0 Å². The van der Waals surface area contributed by atoms with Gasteiger partial charge in [-0.3, -0.25) is 4.68 Å². The highest BCUT2D eigenvalue weighted by molar-refractivity contribution is 5.75. The zero-order valence-electron chi connectivity index (χ0n) is 9.97. The van der Waals surface area contributed by atoms with Crippen molar-refractivity contribution in [2.45, 2.75) is 13.5 Å². The van der Waals surface area contributed by atoms with E-state index in [9.17, 15) is 0 Å². The Morgan fingerprint density at radius 2 is 2.18 bits per heavy atom. The fraction of sp³-hybridized carbons (Fsp3) is 0.308. The zero-order chi connectivity index (χ0) is 12.1. The summed E-state index contributed by atoms with van der Waals surface area (Å²) in [6.07, 6.45) is 3.82. The van der Waals surface area contributed by atoms with E-state index in [1.54, 1.807) is 0 Å². The Morgan fingerprint density at radius 3 is 2.94 bits per heavy atom. The summed E-state index contributed by atoms with van der Waals surface area (Å²) in [5.74, 6) is 0. The van der Waals surface area contributed by atoms with E-state index in [2.05, 4.69) is 5.10 Å². The van der Waals surface area contributed by atoms with Crippen LogP contribution in [-0.4, -0.2) is 23.0 Å². The summed E-state index contributed by atoms with van der Waals surface area (Å²) in [7, 11) is 0. The van der Waals surface area contributed by atoms with Crippen molar-refractivity contribution in [1.29, 1.82) is 0 Å². The van der Waals surface area contributed by atoms with Crippen molar-refractivity contribution >= 4 is 5.69 Å². The molecule has 0 unspecified atom stereocenters. The van der Waals surface area contributed by atoms with Crippen LogP contribution in [0.4, 0.5) is 5.69 Å². The van der Waals surface area contributed by atoms with E-state index >= 15 is 0 Å². The van der Waals surface area contributed by atoms with Crippen molar-refractivity contribution in [1.82, 2.24) is 9.78 Å². The first-order valence-corrected chi connectivity index (χ1v) is 5.76. The Labute approximate surface area is 101 Å². The molecular weight excluding hydrogens is 214 g/mol. The first-order valence-electron chi connectivity index (χ1n) is 5.76. The van der Waals surface area contributed by atoms with Gasteiger partial charge in [0, 0.05) is 29.6 Å². The summed E-state index contributed by atoms with van der Waals surface area (Å²) in [6, 6.07) is 7.80. The number of nitrogens with zero attached hydrogens (tertiary/aromatic N) is 2. The van der Waals surface area contributed by atoms with Crippen molar-refractivity contribution in [3.8, 4) is 11.1 Å². The molecular formula is C13H17N3O. The van der Waals surface area contributed by atoms with Gasteiger partial charge in [-0.1, -0.05) is 18.2 Å². The topological polar surface area (TPSA) is 53.1 Å². The number of nitrogens with two attached hydrogens (primary N) is 1. The Morgan fingerprint density at radius 1 is 1.35 bits per heavy atom. The SMILES string of the molecule is CCOCCn1cc(-c2ccccc2N)cn1. The van der Waals surface area contributed by atoms with Gasteiger partial charge in [-0.25, -0.2) is 0 Å². The Balaban J connectivity index is 2.10. The average molecular weight is 231 g/mol. The van der Waals surface area contributed by atoms with Gasteiger partial charge in [-0.15, -0.1) is 0 Å². The number of hydrogen-bond donors (Lipinski definition) is 1. The zero-order valence-corrected chi connectivity index (χ0v) is 9.97. The summed E-state index contributed by atoms with van der Waals surface area (Å²) in [5, 5.41) is 4.29. The predicted octanol–water partition coefficient (Wildman–Crippen LogP) is 2.17. The van der Waals surface area contributed by atoms with Gasteiger partial charge in [-0.05, 0) is 13.0 Å². The van der Waals surface area contributed by atoms with E-state index in [-0.39, 0.29) is 0 Å². The molecule has 90 valence electrons. The third-order valence-electron chi connectivity index (χ3n) is 2.57. The Hall–Kier alpha value is -1.81. The second-order valence-corrected chi connectivity index (χ2v) is 3.78. The molecule has 0 saturated carbocycles. The monoisotopic (exact) mass is 231 g/mol. The standard InChI is InChI=1S/C13H17N3O/c1-2-17-8-7-16-10-11(9-15-16)12-5-3-4-6-13(12)14/h3-6,9-10H,2,7-8,14H2,1H3. The first-order chi connectivity index (χ1) is 8.31. The number of nitrogen functional groups attached to an aromatic ring is 1. The van der Waals surface area contributed by atoms with E-state index < -0.39 is 0 Å². The van der Waals surface area contributed by atoms with E-state index in [4.69, 9.17) is 10.5 Å². The van der Waals surface area contributed by atoms with Crippen LogP contribution in [0.1, 0.15) is 6.92 Å². The summed E-state index contributed by atoms with van der Waals surface area (Å²) in [5.41, 5.74) is 8.76. The molecule has 0 aliphatic carbocycles. The molecule has 1 heterocycles. The van der Waals surface area contributed by atoms with Gasteiger partial charge in [0.1, 0.15) is 0 Å². The molecule has 0 aliphatic rings. The number of ether oxygens (including phenoxy) is 1. The number of hydrogen-bond acceptors (Lipinski definition) is 3. The Bertz CT molecular complexity index is 479. The highest BCUT2D eigenvalue weighted by Gasteiger charge is 2.04. The third kappa shape index (κ3) is 2.85. The third-order valence-corrected chi connectivity index (χ3v) is 2.57. The van der Waals surface area contributed by atoms with Gasteiger partial charge in [0.05, 0.1) is 19.3 Å². The molecule has 2 N–H and O–H groups in total. The molecule has 2 rings (SSSR count). The average Bonchev–Trinajstić information content (AvgIpc) is 2.79. The van der Waals surface area contributed by atoms with Gasteiger partial charge >= 0.3 is 0 Å². The molecule has 0 radical (unpaired) electrons. The molecule has 17 heavy (non-hydrogen) atoms. The lowest BCUT2D eigenvalue weighted by atomic mass is 10.1. The van der Waals surface area contributed by atoms with Crippen molar-refractivity contribution in [3.05, 3.63) is 36.7 Å². The quantitative estimate of drug-likeness (QED) is 0.633. The van der Waals surface area contributed by atoms with Crippen LogP contribution in [0.5, 0.6) is 0 Å². The first kappa shape index (κ1) is 11.7. The van der Waals surface area contributed by atoms with Gasteiger partial charge in [0.15, 0.2) is 0 Å². The number of aromatic nitrogens is 2. The van der Waals surface area contributed by atoms with Crippen LogP contribution in [-0.2, 0) is 11.3 Å². The van der Waals surface area contributed by atoms with Crippen LogP contribution in [0, 0.1) is 0 Å². The molecule has 4 nitrogen and oxygen atoms in total. The van der Waals surface area contributed by atoms with Crippen molar-refractivity contribution in [2.75, 3.05) is 18.9 Å². The van der Waals surface area contributed by atoms with E-state index in [0.29, 0.717) is 6.61 Å². The summed E-state index contributed by atoms with van der Waals surface area (Å²) in [6.45, 7) is 4.17. The molecule has 0 amide bonds. The van der Waals surface area contributed by atoms with Crippen LogP contribution in [0.15, 0.2) is 36.7 Å². The van der Waals surface area contributed by atoms with Crippen molar-refractivity contribution < 1.29 is 4.74 Å². The van der Waals surface area contributed by atoms with Crippen LogP contribution >= 0.6 is 0 Å². The molecule has 0 saturated heterocycles. The molecule has 1 aromatic carbocycles. The molecule has 0 bridgehead atoms. The van der Waals surface area contributed by atoms with E-state index in [0.717, 1.165) is 30.0 Å². The second-order valence-electron chi connectivity index (χ2n) is 3.78. The second kappa shape index (κ2) is 5.50. The number of anilines is 1. The maximum absolute atomic E-state index is 5.92. The van der Waals surface area contributed by atoms with Crippen LogP contribution in [0.2, 0.25) is 0 Å². The smallest absolute Gasteiger partial charge is 0.0662 e. The minimum atomic E-state index is 0.682. The minimum Gasteiger partial charge on any atom is -0.398 e.